The van der Waals surface area contributed by atoms with E-state index in [0.717, 1.165) is 0 Å². The lowest BCUT2D eigenvalue weighted by molar-refractivity contribution is 0.102. The van der Waals surface area contributed by atoms with E-state index in [1.165, 1.54) is 24.7 Å². The lowest BCUT2D eigenvalue weighted by atomic mass is 10.2. The molecule has 0 aliphatic rings. The van der Waals surface area contributed by atoms with Crippen molar-refractivity contribution in [2.45, 2.75) is 0 Å². The number of halogens is 1. The minimum atomic E-state index is -0.360. The minimum absolute atomic E-state index is 0.174. The maximum absolute atomic E-state index is 12.2. The van der Waals surface area contributed by atoms with E-state index in [0.29, 0.717) is 22.9 Å². The Labute approximate surface area is 142 Å². The maximum Gasteiger partial charge on any atom is 0.257 e. The molecule has 2 aromatic heterocycles. The van der Waals surface area contributed by atoms with Crippen LogP contribution in [0, 0.1) is 0 Å². The Kier molecular flexibility index (Phi) is 4.53. The van der Waals surface area contributed by atoms with Crippen LogP contribution in [0.1, 0.15) is 10.4 Å². The molecule has 0 aliphatic heterocycles. The lowest BCUT2D eigenvalue weighted by Gasteiger charge is -2.08. The normalized spacial score (nSPS) is 10.2. The number of benzene rings is 1. The van der Waals surface area contributed by atoms with Crippen LogP contribution >= 0.6 is 11.6 Å². The fourth-order valence-corrected chi connectivity index (χ4v) is 2.04. The first-order chi connectivity index (χ1) is 11.6. The second kappa shape index (κ2) is 6.93. The number of nitrogen functional groups attached to an aromatic ring is 1. The highest BCUT2D eigenvalue weighted by Gasteiger charge is 2.10. The molecule has 0 spiro atoms. The van der Waals surface area contributed by atoms with E-state index in [9.17, 15) is 4.79 Å². The second-order valence-corrected chi connectivity index (χ2v) is 5.13. The van der Waals surface area contributed by atoms with Crippen molar-refractivity contribution in [2.75, 3.05) is 11.1 Å². The molecular formula is C16H12ClN5O2. The molecule has 0 fully saturated rings. The number of pyridine rings is 1. The van der Waals surface area contributed by atoms with E-state index in [4.69, 9.17) is 22.1 Å². The molecule has 1 amide bonds. The van der Waals surface area contributed by atoms with Gasteiger partial charge < -0.3 is 15.8 Å². The molecule has 0 saturated heterocycles. The molecule has 0 aliphatic carbocycles. The number of nitrogens with two attached hydrogens (primary N) is 1. The van der Waals surface area contributed by atoms with Crippen molar-refractivity contribution in [3.63, 3.8) is 0 Å². The monoisotopic (exact) mass is 341 g/mol. The van der Waals surface area contributed by atoms with Gasteiger partial charge in [-0.2, -0.15) is 0 Å². The Hall–Kier alpha value is -3.19. The number of hydrogen-bond acceptors (Lipinski definition) is 6. The SMILES string of the molecule is Nc1ncc(C(=O)Nc2cccc(Oc3cnccn3)c2)cc1Cl. The number of hydrogen-bond donors (Lipinski definition) is 2. The van der Waals surface area contributed by atoms with Gasteiger partial charge in [0.15, 0.2) is 0 Å². The average molecular weight is 342 g/mol. The number of rotatable bonds is 4. The number of carbonyl (C=O) groups is 1. The van der Waals surface area contributed by atoms with Crippen LogP contribution in [0.25, 0.3) is 0 Å². The molecule has 7 nitrogen and oxygen atoms in total. The highest BCUT2D eigenvalue weighted by molar-refractivity contribution is 6.33. The Morgan fingerprint density at radius 3 is 2.79 bits per heavy atom. The van der Waals surface area contributed by atoms with Gasteiger partial charge in [-0.3, -0.25) is 9.78 Å². The van der Waals surface area contributed by atoms with Gasteiger partial charge in [0.05, 0.1) is 16.8 Å². The van der Waals surface area contributed by atoms with Crippen LogP contribution in [0.5, 0.6) is 11.6 Å². The summed E-state index contributed by atoms with van der Waals surface area (Å²) in [7, 11) is 0. The highest BCUT2D eigenvalue weighted by Crippen LogP contribution is 2.23. The number of nitrogens with zero attached hydrogens (tertiary/aromatic N) is 3. The number of carbonyl (C=O) groups excluding carboxylic acids is 1. The van der Waals surface area contributed by atoms with Gasteiger partial charge >= 0.3 is 0 Å². The zero-order valence-electron chi connectivity index (χ0n) is 12.3. The van der Waals surface area contributed by atoms with E-state index in [-0.39, 0.29) is 16.7 Å². The van der Waals surface area contributed by atoms with Crippen molar-refractivity contribution in [2.24, 2.45) is 0 Å². The molecule has 0 atom stereocenters. The summed E-state index contributed by atoms with van der Waals surface area (Å²) in [5.74, 6) is 0.686. The third kappa shape index (κ3) is 3.76. The van der Waals surface area contributed by atoms with E-state index in [1.54, 1.807) is 30.5 Å². The first-order valence-corrected chi connectivity index (χ1v) is 7.26. The summed E-state index contributed by atoms with van der Waals surface area (Å²) >= 11 is 5.88. The summed E-state index contributed by atoms with van der Waals surface area (Å²) < 4.78 is 5.57. The van der Waals surface area contributed by atoms with Crippen LogP contribution in [0.2, 0.25) is 5.02 Å². The van der Waals surface area contributed by atoms with Gasteiger partial charge in [-0.05, 0) is 18.2 Å². The van der Waals surface area contributed by atoms with Crippen molar-refractivity contribution in [3.8, 4) is 11.6 Å². The van der Waals surface area contributed by atoms with Crippen molar-refractivity contribution in [3.05, 3.63) is 65.7 Å². The van der Waals surface area contributed by atoms with E-state index >= 15 is 0 Å². The zero-order valence-corrected chi connectivity index (χ0v) is 13.1. The number of aromatic nitrogens is 3. The molecule has 3 N–H and O–H groups in total. The van der Waals surface area contributed by atoms with Gasteiger partial charge in [-0.1, -0.05) is 17.7 Å². The fourth-order valence-electron chi connectivity index (χ4n) is 1.87. The van der Waals surface area contributed by atoms with Crippen LogP contribution in [0.15, 0.2) is 55.1 Å². The molecule has 0 radical (unpaired) electrons. The molecular weight excluding hydrogens is 330 g/mol. The van der Waals surface area contributed by atoms with Crippen molar-refractivity contribution in [1.29, 1.82) is 0 Å². The minimum Gasteiger partial charge on any atom is -0.437 e. The Bertz CT molecular complexity index is 873. The molecule has 3 aromatic rings. The van der Waals surface area contributed by atoms with Crippen LogP contribution in [-0.4, -0.2) is 20.9 Å². The molecule has 0 bridgehead atoms. The smallest absolute Gasteiger partial charge is 0.257 e. The van der Waals surface area contributed by atoms with Gasteiger partial charge in [0.25, 0.3) is 5.91 Å². The first-order valence-electron chi connectivity index (χ1n) is 6.88. The molecule has 0 unspecified atom stereocenters. The third-order valence-corrected chi connectivity index (χ3v) is 3.29. The van der Waals surface area contributed by atoms with Gasteiger partial charge in [0.2, 0.25) is 5.88 Å². The van der Waals surface area contributed by atoms with Gasteiger partial charge in [-0.15, -0.1) is 0 Å². The standard InChI is InChI=1S/C16H12ClN5O2/c17-13-6-10(8-21-15(13)18)16(23)22-11-2-1-3-12(7-11)24-14-9-19-4-5-20-14/h1-9H,(H2,18,21)(H,22,23). The van der Waals surface area contributed by atoms with Gasteiger partial charge in [0, 0.05) is 30.3 Å². The topological polar surface area (TPSA) is 103 Å². The van der Waals surface area contributed by atoms with Crippen LogP contribution in [0.3, 0.4) is 0 Å². The van der Waals surface area contributed by atoms with Crippen molar-refractivity contribution >= 4 is 29.0 Å². The number of anilines is 2. The summed E-state index contributed by atoms with van der Waals surface area (Å²) in [6.45, 7) is 0. The summed E-state index contributed by atoms with van der Waals surface area (Å²) in [5.41, 5.74) is 6.38. The molecule has 2 heterocycles. The number of amides is 1. The Morgan fingerprint density at radius 1 is 1.17 bits per heavy atom. The van der Waals surface area contributed by atoms with E-state index < -0.39 is 0 Å². The van der Waals surface area contributed by atoms with Gasteiger partial charge in [0.1, 0.15) is 11.6 Å². The largest absolute Gasteiger partial charge is 0.437 e. The fraction of sp³-hybridized carbons (Fsp3) is 0. The van der Waals surface area contributed by atoms with Crippen LogP contribution in [0.4, 0.5) is 11.5 Å². The average Bonchev–Trinajstić information content (AvgIpc) is 2.58. The lowest BCUT2D eigenvalue weighted by Crippen LogP contribution is -2.12. The van der Waals surface area contributed by atoms with Crippen molar-refractivity contribution in [1.82, 2.24) is 15.0 Å². The second-order valence-electron chi connectivity index (χ2n) is 4.72. The number of ether oxygens (including phenoxy) is 1. The molecule has 1 aromatic carbocycles. The Morgan fingerprint density at radius 2 is 2.04 bits per heavy atom. The molecule has 3 rings (SSSR count). The predicted molar refractivity (Wildman–Crippen MR) is 90.2 cm³/mol. The predicted octanol–water partition coefficient (Wildman–Crippen LogP) is 3.15. The van der Waals surface area contributed by atoms with Crippen LogP contribution in [-0.2, 0) is 0 Å². The molecule has 24 heavy (non-hydrogen) atoms. The molecule has 8 heteroatoms. The van der Waals surface area contributed by atoms with E-state index in [2.05, 4.69) is 20.3 Å². The first kappa shape index (κ1) is 15.7. The summed E-state index contributed by atoms with van der Waals surface area (Å²) in [6, 6.07) is 8.34. The quantitative estimate of drug-likeness (QED) is 0.755. The van der Waals surface area contributed by atoms with Crippen molar-refractivity contribution < 1.29 is 9.53 Å². The third-order valence-electron chi connectivity index (χ3n) is 2.99. The summed E-state index contributed by atoms with van der Waals surface area (Å²) in [5, 5.41) is 2.96. The number of nitrogens with one attached hydrogen (secondary N) is 1. The maximum atomic E-state index is 12.2. The summed E-state index contributed by atoms with van der Waals surface area (Å²) in [6.07, 6.45) is 5.93. The van der Waals surface area contributed by atoms with Gasteiger partial charge in [-0.25, -0.2) is 9.97 Å². The summed E-state index contributed by atoms with van der Waals surface area (Å²) in [4.78, 5) is 24.0. The highest BCUT2D eigenvalue weighted by atomic mass is 35.5. The molecule has 0 saturated carbocycles. The van der Waals surface area contributed by atoms with Crippen LogP contribution < -0.4 is 15.8 Å². The Balaban J connectivity index is 1.74. The zero-order chi connectivity index (χ0) is 16.9. The van der Waals surface area contributed by atoms with E-state index in [1.807, 2.05) is 0 Å². The molecule has 120 valence electrons.